The highest BCUT2D eigenvalue weighted by Gasteiger charge is 2.11. The number of unbranched alkanes of at least 4 members (excludes halogenated alkanes) is 1. The average molecular weight is 194 g/mol. The van der Waals surface area contributed by atoms with Gasteiger partial charge in [-0.15, -0.1) is 6.58 Å². The Kier molecular flexibility index (Phi) is 3.45. The van der Waals surface area contributed by atoms with Gasteiger partial charge in [-0.2, -0.15) is 5.10 Å². The van der Waals surface area contributed by atoms with Gasteiger partial charge in [-0.1, -0.05) is 6.08 Å². The van der Waals surface area contributed by atoms with E-state index in [1.807, 2.05) is 6.08 Å². The van der Waals surface area contributed by atoms with Crippen LogP contribution in [-0.4, -0.2) is 20.9 Å². The summed E-state index contributed by atoms with van der Waals surface area (Å²) in [6.07, 6.45) is 5.09. The first-order valence-electron chi connectivity index (χ1n) is 4.53. The van der Waals surface area contributed by atoms with E-state index in [-0.39, 0.29) is 5.56 Å². The van der Waals surface area contributed by atoms with Crippen molar-refractivity contribution in [1.82, 2.24) is 9.78 Å². The molecule has 76 valence electrons. The third-order valence-corrected chi connectivity index (χ3v) is 2.11. The third-order valence-electron chi connectivity index (χ3n) is 2.11. The zero-order chi connectivity index (χ0) is 10.6. The number of nitrogens with zero attached hydrogens (tertiary/aromatic N) is 2. The number of aryl methyl sites for hydroxylation is 1. The molecular formula is C10H14N2O2. The number of carboxylic acids is 1. The van der Waals surface area contributed by atoms with E-state index in [0.717, 1.165) is 19.4 Å². The van der Waals surface area contributed by atoms with Gasteiger partial charge < -0.3 is 5.11 Å². The van der Waals surface area contributed by atoms with E-state index in [0.29, 0.717) is 5.69 Å². The Bertz CT molecular complexity index is 342. The maximum Gasteiger partial charge on any atom is 0.339 e. The third kappa shape index (κ3) is 2.22. The van der Waals surface area contributed by atoms with E-state index in [2.05, 4.69) is 11.7 Å². The van der Waals surface area contributed by atoms with Crippen molar-refractivity contribution in [1.29, 1.82) is 0 Å². The molecule has 4 nitrogen and oxygen atoms in total. The fraction of sp³-hybridized carbons (Fsp3) is 0.400. The lowest BCUT2D eigenvalue weighted by molar-refractivity contribution is 0.0696. The van der Waals surface area contributed by atoms with Crippen molar-refractivity contribution in [3.05, 3.63) is 30.1 Å². The smallest absolute Gasteiger partial charge is 0.339 e. The van der Waals surface area contributed by atoms with Gasteiger partial charge in [0, 0.05) is 12.2 Å². The van der Waals surface area contributed by atoms with Crippen molar-refractivity contribution in [3.8, 4) is 0 Å². The molecule has 0 aliphatic carbocycles. The molecule has 1 aromatic rings. The Morgan fingerprint density at radius 1 is 1.79 bits per heavy atom. The second kappa shape index (κ2) is 4.60. The molecule has 1 aromatic heterocycles. The molecule has 0 bridgehead atoms. The van der Waals surface area contributed by atoms with Crippen molar-refractivity contribution < 1.29 is 9.90 Å². The van der Waals surface area contributed by atoms with Gasteiger partial charge in [-0.25, -0.2) is 4.79 Å². The molecule has 0 aliphatic heterocycles. The Labute approximate surface area is 82.9 Å². The number of allylic oxidation sites excluding steroid dienone is 1. The van der Waals surface area contributed by atoms with Crippen LogP contribution in [0.15, 0.2) is 18.9 Å². The van der Waals surface area contributed by atoms with Gasteiger partial charge in [0.2, 0.25) is 0 Å². The molecule has 0 aliphatic rings. The van der Waals surface area contributed by atoms with Gasteiger partial charge >= 0.3 is 5.97 Å². The van der Waals surface area contributed by atoms with Crippen LogP contribution in [0, 0.1) is 6.92 Å². The van der Waals surface area contributed by atoms with E-state index in [1.54, 1.807) is 11.6 Å². The monoisotopic (exact) mass is 194 g/mol. The van der Waals surface area contributed by atoms with Crippen LogP contribution in [0.5, 0.6) is 0 Å². The van der Waals surface area contributed by atoms with Gasteiger partial charge in [0.1, 0.15) is 5.56 Å². The van der Waals surface area contributed by atoms with Crippen LogP contribution in [0.25, 0.3) is 0 Å². The highest BCUT2D eigenvalue weighted by molar-refractivity contribution is 5.88. The molecule has 0 unspecified atom stereocenters. The highest BCUT2D eigenvalue weighted by atomic mass is 16.4. The van der Waals surface area contributed by atoms with Crippen molar-refractivity contribution >= 4 is 5.97 Å². The van der Waals surface area contributed by atoms with Gasteiger partial charge in [-0.05, 0) is 19.8 Å². The van der Waals surface area contributed by atoms with Crippen LogP contribution in [0.2, 0.25) is 0 Å². The molecule has 1 N–H and O–H groups in total. The van der Waals surface area contributed by atoms with E-state index in [9.17, 15) is 4.79 Å². The summed E-state index contributed by atoms with van der Waals surface area (Å²) >= 11 is 0. The molecule has 0 aromatic carbocycles. The van der Waals surface area contributed by atoms with Crippen molar-refractivity contribution in [2.45, 2.75) is 26.3 Å². The number of carbonyl (C=O) groups is 1. The lowest BCUT2D eigenvalue weighted by Crippen LogP contribution is -2.04. The van der Waals surface area contributed by atoms with E-state index >= 15 is 0 Å². The summed E-state index contributed by atoms with van der Waals surface area (Å²) in [6.45, 7) is 6.13. The standard InChI is InChI=1S/C10H14N2O2/c1-3-4-5-6-12-8(2)9(7-11-12)10(13)14/h3,7H,1,4-6H2,2H3,(H,13,14). The molecule has 0 atom stereocenters. The zero-order valence-corrected chi connectivity index (χ0v) is 8.23. The van der Waals surface area contributed by atoms with Gasteiger partial charge in [-0.3, -0.25) is 4.68 Å². The first-order chi connectivity index (χ1) is 6.66. The number of carboxylic acid groups (broad SMARTS) is 1. The summed E-state index contributed by atoms with van der Waals surface area (Å²) in [7, 11) is 0. The maximum absolute atomic E-state index is 10.7. The predicted octanol–water partition coefficient (Wildman–Crippen LogP) is 1.86. The van der Waals surface area contributed by atoms with Crippen LogP contribution in [-0.2, 0) is 6.54 Å². The van der Waals surface area contributed by atoms with Crippen molar-refractivity contribution in [2.24, 2.45) is 0 Å². The number of hydrogen-bond donors (Lipinski definition) is 1. The Morgan fingerprint density at radius 2 is 2.50 bits per heavy atom. The fourth-order valence-corrected chi connectivity index (χ4v) is 1.27. The topological polar surface area (TPSA) is 55.1 Å². The first-order valence-corrected chi connectivity index (χ1v) is 4.53. The Morgan fingerprint density at radius 3 is 3.00 bits per heavy atom. The van der Waals surface area contributed by atoms with Crippen LogP contribution < -0.4 is 0 Å². The quantitative estimate of drug-likeness (QED) is 0.575. The van der Waals surface area contributed by atoms with Gasteiger partial charge in [0.15, 0.2) is 0 Å². The molecule has 1 heterocycles. The molecule has 0 saturated heterocycles. The summed E-state index contributed by atoms with van der Waals surface area (Å²) in [5.41, 5.74) is 0.991. The van der Waals surface area contributed by atoms with Gasteiger partial charge in [0.25, 0.3) is 0 Å². The summed E-state index contributed by atoms with van der Waals surface area (Å²) in [4.78, 5) is 10.7. The van der Waals surface area contributed by atoms with E-state index in [4.69, 9.17) is 5.11 Å². The van der Waals surface area contributed by atoms with Crippen LogP contribution in [0.1, 0.15) is 28.9 Å². The lowest BCUT2D eigenvalue weighted by Gasteiger charge is -2.02. The Hall–Kier alpha value is -1.58. The summed E-state index contributed by atoms with van der Waals surface area (Å²) in [5, 5.41) is 12.8. The molecule has 1 rings (SSSR count). The summed E-state index contributed by atoms with van der Waals surface area (Å²) < 4.78 is 1.72. The number of aromatic carboxylic acids is 1. The van der Waals surface area contributed by atoms with Crippen LogP contribution in [0.4, 0.5) is 0 Å². The second-order valence-corrected chi connectivity index (χ2v) is 3.10. The Balaban J connectivity index is 2.69. The molecule has 0 amide bonds. The van der Waals surface area contributed by atoms with E-state index < -0.39 is 5.97 Å². The minimum atomic E-state index is -0.919. The molecule has 0 spiro atoms. The molecule has 0 saturated carbocycles. The summed E-state index contributed by atoms with van der Waals surface area (Å²) in [5.74, 6) is -0.919. The van der Waals surface area contributed by atoms with E-state index in [1.165, 1.54) is 6.20 Å². The van der Waals surface area contributed by atoms with Crippen molar-refractivity contribution in [3.63, 3.8) is 0 Å². The maximum atomic E-state index is 10.7. The second-order valence-electron chi connectivity index (χ2n) is 3.10. The minimum Gasteiger partial charge on any atom is -0.478 e. The minimum absolute atomic E-state index is 0.281. The SMILES string of the molecule is C=CCCCn1ncc(C(=O)O)c1C. The molecule has 0 fully saturated rings. The lowest BCUT2D eigenvalue weighted by atomic mass is 10.2. The normalized spacial score (nSPS) is 10.1. The number of aromatic nitrogens is 2. The van der Waals surface area contributed by atoms with Crippen LogP contribution in [0.3, 0.4) is 0 Å². The van der Waals surface area contributed by atoms with Crippen LogP contribution >= 0.6 is 0 Å². The zero-order valence-electron chi connectivity index (χ0n) is 8.23. The van der Waals surface area contributed by atoms with Gasteiger partial charge in [0.05, 0.1) is 6.20 Å². The molecule has 4 heteroatoms. The largest absolute Gasteiger partial charge is 0.478 e. The highest BCUT2D eigenvalue weighted by Crippen LogP contribution is 2.08. The molecular weight excluding hydrogens is 180 g/mol. The first kappa shape index (κ1) is 10.5. The molecule has 0 radical (unpaired) electrons. The number of hydrogen-bond acceptors (Lipinski definition) is 2. The predicted molar refractivity (Wildman–Crippen MR) is 53.4 cm³/mol. The number of rotatable bonds is 5. The summed E-state index contributed by atoms with van der Waals surface area (Å²) in [6, 6.07) is 0. The average Bonchev–Trinajstić information content (AvgIpc) is 2.48. The van der Waals surface area contributed by atoms with Crippen molar-refractivity contribution in [2.75, 3.05) is 0 Å². The molecule has 14 heavy (non-hydrogen) atoms. The fourth-order valence-electron chi connectivity index (χ4n) is 1.27.